The third-order valence-electron chi connectivity index (χ3n) is 3.86. The van der Waals surface area contributed by atoms with E-state index in [1.807, 2.05) is 30.3 Å². The Morgan fingerprint density at radius 1 is 1.18 bits per heavy atom. The molecule has 2 aromatic heterocycles. The Balaban J connectivity index is 1.42. The zero-order valence-corrected chi connectivity index (χ0v) is 16.8. The van der Waals surface area contributed by atoms with E-state index in [-0.39, 0.29) is 29.7 Å². The molecule has 3 rings (SSSR count). The van der Waals surface area contributed by atoms with Crippen LogP contribution >= 0.6 is 11.3 Å². The summed E-state index contributed by atoms with van der Waals surface area (Å²) in [5, 5.41) is 9.48. The molecule has 0 fully saturated rings. The van der Waals surface area contributed by atoms with Gasteiger partial charge in [-0.15, -0.1) is 21.5 Å². The second kappa shape index (κ2) is 9.09. The summed E-state index contributed by atoms with van der Waals surface area (Å²) < 4.78 is 36.7. The van der Waals surface area contributed by atoms with E-state index in [1.54, 1.807) is 17.5 Å². The van der Waals surface area contributed by atoms with Gasteiger partial charge in [-0.3, -0.25) is 4.79 Å². The topological polar surface area (TPSA) is 103 Å². The smallest absolute Gasteiger partial charge is 0.306 e. The second-order valence-corrected chi connectivity index (χ2v) is 9.11. The average molecular weight is 422 g/mol. The van der Waals surface area contributed by atoms with Gasteiger partial charge in [0.05, 0.1) is 0 Å². The van der Waals surface area contributed by atoms with E-state index in [2.05, 4.69) is 10.2 Å². The Morgan fingerprint density at radius 2 is 1.96 bits per heavy atom. The fraction of sp³-hybridized carbons (Fsp3) is 0.278. The molecule has 3 aromatic rings. The molecular formula is C18H19N3O5S2. The molecule has 0 unspecified atom stereocenters. The van der Waals surface area contributed by atoms with Crippen molar-refractivity contribution < 1.29 is 22.4 Å². The number of ether oxygens (including phenoxy) is 1. The van der Waals surface area contributed by atoms with Crippen LogP contribution in [0.15, 0.2) is 56.5 Å². The van der Waals surface area contributed by atoms with Crippen molar-refractivity contribution in [2.45, 2.75) is 23.7 Å². The molecule has 0 saturated heterocycles. The van der Waals surface area contributed by atoms with Crippen LogP contribution in [0, 0.1) is 0 Å². The van der Waals surface area contributed by atoms with Crippen molar-refractivity contribution in [1.82, 2.24) is 14.5 Å². The number of carbonyl (C=O) groups excluding carboxylic acids is 1. The molecule has 0 atom stereocenters. The predicted molar refractivity (Wildman–Crippen MR) is 103 cm³/mol. The quantitative estimate of drug-likeness (QED) is 0.489. The lowest BCUT2D eigenvalue weighted by molar-refractivity contribution is -0.145. The van der Waals surface area contributed by atoms with Crippen LogP contribution in [0.1, 0.15) is 18.7 Å². The third-order valence-corrected chi connectivity index (χ3v) is 7.09. The molecule has 0 bridgehead atoms. The van der Waals surface area contributed by atoms with Crippen molar-refractivity contribution in [3.8, 4) is 11.5 Å². The van der Waals surface area contributed by atoms with Crippen LogP contribution in [-0.4, -0.2) is 42.5 Å². The lowest BCUT2D eigenvalue weighted by Crippen LogP contribution is -2.27. The number of carbonyl (C=O) groups is 1. The minimum Gasteiger partial charge on any atom is -0.456 e. The van der Waals surface area contributed by atoms with Crippen molar-refractivity contribution in [2.24, 2.45) is 0 Å². The Hall–Kier alpha value is -2.56. The molecule has 1 aromatic carbocycles. The van der Waals surface area contributed by atoms with Crippen LogP contribution in [0.2, 0.25) is 0 Å². The van der Waals surface area contributed by atoms with Crippen LogP contribution in [0.25, 0.3) is 11.5 Å². The molecule has 28 heavy (non-hydrogen) atoms. The van der Waals surface area contributed by atoms with Crippen LogP contribution in [0.3, 0.4) is 0 Å². The number of thiophene rings is 1. The van der Waals surface area contributed by atoms with Gasteiger partial charge in [-0.1, -0.05) is 24.3 Å². The normalized spacial score (nSPS) is 11.6. The van der Waals surface area contributed by atoms with Crippen molar-refractivity contribution in [3.63, 3.8) is 0 Å². The van der Waals surface area contributed by atoms with Crippen molar-refractivity contribution >= 4 is 27.3 Å². The van der Waals surface area contributed by atoms with Gasteiger partial charge in [-0.2, -0.15) is 0 Å². The molecule has 0 aliphatic carbocycles. The largest absolute Gasteiger partial charge is 0.456 e. The highest BCUT2D eigenvalue weighted by molar-refractivity contribution is 7.91. The maximum absolute atomic E-state index is 12.3. The molecule has 0 N–H and O–H groups in total. The third kappa shape index (κ3) is 5.03. The highest BCUT2D eigenvalue weighted by atomic mass is 32.2. The van der Waals surface area contributed by atoms with Crippen molar-refractivity contribution in [1.29, 1.82) is 0 Å². The first kappa shape index (κ1) is 20.2. The van der Waals surface area contributed by atoms with Gasteiger partial charge in [-0.05, 0) is 30.0 Å². The Labute approximate surface area is 166 Å². The van der Waals surface area contributed by atoms with Gasteiger partial charge in [-0.25, -0.2) is 12.7 Å². The van der Waals surface area contributed by atoms with Gasteiger partial charge in [0.15, 0.2) is 6.61 Å². The van der Waals surface area contributed by atoms with Crippen molar-refractivity contribution in [2.75, 3.05) is 13.6 Å². The zero-order chi connectivity index (χ0) is 20.0. The summed E-state index contributed by atoms with van der Waals surface area (Å²) >= 11 is 1.16. The van der Waals surface area contributed by atoms with Crippen LogP contribution < -0.4 is 0 Å². The maximum Gasteiger partial charge on any atom is 0.306 e. The van der Waals surface area contributed by atoms with Gasteiger partial charge in [0.25, 0.3) is 15.9 Å². The standard InChI is InChI=1S/C18H19N3O5S2/c1-21(28(23,24)17-10-6-12-27-17)11-5-9-16(22)25-13-15-19-20-18(26-15)14-7-3-2-4-8-14/h2-4,6-8,10,12H,5,9,11,13H2,1H3. The van der Waals surface area contributed by atoms with Crippen LogP contribution in [0.5, 0.6) is 0 Å². The molecule has 2 heterocycles. The molecule has 148 valence electrons. The first-order valence-corrected chi connectivity index (χ1v) is 10.8. The molecule has 0 radical (unpaired) electrons. The minimum absolute atomic E-state index is 0.0873. The van der Waals surface area contributed by atoms with E-state index in [0.29, 0.717) is 12.3 Å². The number of nitrogens with zero attached hydrogens (tertiary/aromatic N) is 3. The molecule has 0 aliphatic heterocycles. The number of aromatic nitrogens is 2. The van der Waals surface area contributed by atoms with Gasteiger partial charge in [0.1, 0.15) is 4.21 Å². The molecule has 0 spiro atoms. The van der Waals surface area contributed by atoms with Crippen LogP contribution in [0.4, 0.5) is 0 Å². The van der Waals surface area contributed by atoms with Gasteiger partial charge >= 0.3 is 5.97 Å². The summed E-state index contributed by atoms with van der Waals surface area (Å²) in [6, 6.07) is 12.5. The molecule has 10 heteroatoms. The summed E-state index contributed by atoms with van der Waals surface area (Å²) in [5.41, 5.74) is 0.780. The number of benzene rings is 1. The number of rotatable bonds is 9. The molecule has 0 amide bonds. The summed E-state index contributed by atoms with van der Waals surface area (Å²) in [7, 11) is -2.02. The van der Waals surface area contributed by atoms with E-state index in [1.165, 1.54) is 11.4 Å². The number of hydrogen-bond donors (Lipinski definition) is 0. The summed E-state index contributed by atoms with van der Waals surface area (Å²) in [4.78, 5) is 11.9. The zero-order valence-electron chi connectivity index (χ0n) is 15.1. The second-order valence-electron chi connectivity index (χ2n) is 5.89. The molecular weight excluding hydrogens is 402 g/mol. The monoisotopic (exact) mass is 421 g/mol. The summed E-state index contributed by atoms with van der Waals surface area (Å²) in [6.07, 6.45) is 0.434. The lowest BCUT2D eigenvalue weighted by Gasteiger charge is -2.15. The van der Waals surface area contributed by atoms with E-state index < -0.39 is 16.0 Å². The van der Waals surface area contributed by atoms with Gasteiger partial charge in [0.2, 0.25) is 5.89 Å². The Kier molecular flexibility index (Phi) is 6.55. The minimum atomic E-state index is -3.51. The van der Waals surface area contributed by atoms with E-state index in [4.69, 9.17) is 9.15 Å². The summed E-state index contributed by atoms with van der Waals surface area (Å²) in [6.45, 7) is 0.0933. The highest BCUT2D eigenvalue weighted by Crippen LogP contribution is 2.20. The molecule has 0 aliphatic rings. The lowest BCUT2D eigenvalue weighted by atomic mass is 10.2. The van der Waals surface area contributed by atoms with Gasteiger partial charge in [0, 0.05) is 25.6 Å². The van der Waals surface area contributed by atoms with Gasteiger partial charge < -0.3 is 9.15 Å². The fourth-order valence-electron chi connectivity index (χ4n) is 2.35. The fourth-order valence-corrected chi connectivity index (χ4v) is 4.76. The highest BCUT2D eigenvalue weighted by Gasteiger charge is 2.21. The van der Waals surface area contributed by atoms with E-state index in [0.717, 1.165) is 16.9 Å². The maximum atomic E-state index is 12.3. The molecule has 8 nitrogen and oxygen atoms in total. The molecule has 0 saturated carbocycles. The number of esters is 1. The van der Waals surface area contributed by atoms with E-state index >= 15 is 0 Å². The van der Waals surface area contributed by atoms with Crippen molar-refractivity contribution in [3.05, 3.63) is 53.7 Å². The summed E-state index contributed by atoms with van der Waals surface area (Å²) in [5.74, 6) is 0.0954. The predicted octanol–water partition coefficient (Wildman–Crippen LogP) is 2.94. The first-order chi connectivity index (χ1) is 13.5. The Morgan fingerprint density at radius 3 is 2.68 bits per heavy atom. The Bertz CT molecular complexity index is 1000. The SMILES string of the molecule is CN(CCCC(=O)OCc1nnc(-c2ccccc2)o1)S(=O)(=O)c1cccs1. The van der Waals surface area contributed by atoms with Crippen LogP contribution in [-0.2, 0) is 26.2 Å². The van der Waals surface area contributed by atoms with E-state index in [9.17, 15) is 13.2 Å². The number of sulfonamides is 1. The number of hydrogen-bond acceptors (Lipinski definition) is 8. The first-order valence-electron chi connectivity index (χ1n) is 8.50. The average Bonchev–Trinajstić information content (AvgIpc) is 3.39.